The van der Waals surface area contributed by atoms with Crippen LogP contribution in [0.4, 0.5) is 10.5 Å². The van der Waals surface area contributed by atoms with Gasteiger partial charge in [0, 0.05) is 32.4 Å². The third kappa shape index (κ3) is 5.13. The van der Waals surface area contributed by atoms with Crippen LogP contribution >= 0.6 is 0 Å². The van der Waals surface area contributed by atoms with Gasteiger partial charge in [-0.15, -0.1) is 0 Å². The van der Waals surface area contributed by atoms with E-state index in [0.717, 1.165) is 18.7 Å². The van der Waals surface area contributed by atoms with E-state index in [1.807, 2.05) is 6.92 Å². The number of aliphatic hydroxyl groups excluding tert-OH is 1. The fourth-order valence-corrected chi connectivity index (χ4v) is 2.83. The van der Waals surface area contributed by atoms with Crippen molar-refractivity contribution in [2.24, 2.45) is 0 Å². The van der Waals surface area contributed by atoms with Crippen LogP contribution in [0.25, 0.3) is 0 Å². The Morgan fingerprint density at radius 1 is 1.35 bits per heavy atom. The number of carbonyl (C=O) groups excluding carboxylic acids is 1. The number of benzene rings is 1. The Morgan fingerprint density at radius 3 is 2.70 bits per heavy atom. The smallest absolute Gasteiger partial charge is 0.317 e. The lowest BCUT2D eigenvalue weighted by molar-refractivity contribution is 0.162. The van der Waals surface area contributed by atoms with Crippen LogP contribution in [0, 0.1) is 0 Å². The average Bonchev–Trinajstić information content (AvgIpc) is 3.07. The summed E-state index contributed by atoms with van der Waals surface area (Å²) in [6.45, 7) is 6.52. The molecule has 5 heteroatoms. The van der Waals surface area contributed by atoms with Gasteiger partial charge in [0.25, 0.3) is 0 Å². The van der Waals surface area contributed by atoms with Gasteiger partial charge in [-0.1, -0.05) is 12.1 Å². The van der Waals surface area contributed by atoms with E-state index >= 15 is 0 Å². The topological polar surface area (TPSA) is 55.8 Å². The van der Waals surface area contributed by atoms with Gasteiger partial charge in [-0.25, -0.2) is 4.79 Å². The maximum absolute atomic E-state index is 12.2. The molecule has 1 aliphatic rings. The minimum atomic E-state index is -0.389. The van der Waals surface area contributed by atoms with Gasteiger partial charge in [0.1, 0.15) is 0 Å². The molecule has 2 N–H and O–H groups in total. The Morgan fingerprint density at radius 2 is 2.04 bits per heavy atom. The predicted molar refractivity (Wildman–Crippen MR) is 93.8 cm³/mol. The summed E-state index contributed by atoms with van der Waals surface area (Å²) in [7, 11) is 1.76. The Kier molecular flexibility index (Phi) is 6.28. The van der Waals surface area contributed by atoms with Crippen LogP contribution < -0.4 is 10.2 Å². The van der Waals surface area contributed by atoms with Gasteiger partial charge < -0.3 is 20.2 Å². The molecule has 23 heavy (non-hydrogen) atoms. The normalized spacial score (nSPS) is 17.0. The lowest BCUT2D eigenvalue weighted by atomic mass is 10.1. The standard InChI is InChI=1S/C18H29N3O2/c1-14(22)9-12-20(3)18(23)19-15(2)16-7-6-8-17(13-16)21-10-4-5-11-21/h6-8,13-15,22H,4-5,9-12H2,1-3H3,(H,19,23). The summed E-state index contributed by atoms with van der Waals surface area (Å²) in [5.41, 5.74) is 2.36. The van der Waals surface area contributed by atoms with Crippen LogP contribution in [0.3, 0.4) is 0 Å². The van der Waals surface area contributed by atoms with Crippen LogP contribution in [-0.4, -0.2) is 48.8 Å². The molecule has 1 aromatic carbocycles. The molecular weight excluding hydrogens is 290 g/mol. The quantitative estimate of drug-likeness (QED) is 0.848. The fourth-order valence-electron chi connectivity index (χ4n) is 2.83. The zero-order valence-corrected chi connectivity index (χ0v) is 14.5. The van der Waals surface area contributed by atoms with E-state index in [0.29, 0.717) is 13.0 Å². The highest BCUT2D eigenvalue weighted by Crippen LogP contribution is 2.24. The molecule has 0 radical (unpaired) electrons. The van der Waals surface area contributed by atoms with Crippen molar-refractivity contribution in [3.05, 3.63) is 29.8 Å². The molecule has 2 unspecified atom stereocenters. The summed E-state index contributed by atoms with van der Waals surface area (Å²) in [5, 5.41) is 12.3. The molecule has 1 fully saturated rings. The number of aliphatic hydroxyl groups is 1. The average molecular weight is 319 g/mol. The molecule has 0 aromatic heterocycles. The van der Waals surface area contributed by atoms with Crippen molar-refractivity contribution in [2.45, 2.75) is 45.3 Å². The number of hydrogen-bond acceptors (Lipinski definition) is 3. The largest absolute Gasteiger partial charge is 0.393 e. The highest BCUT2D eigenvalue weighted by Gasteiger charge is 2.16. The number of anilines is 1. The molecule has 1 saturated heterocycles. The molecule has 128 valence electrons. The maximum atomic E-state index is 12.2. The van der Waals surface area contributed by atoms with E-state index in [2.05, 4.69) is 34.5 Å². The number of nitrogens with one attached hydrogen (secondary N) is 1. The van der Waals surface area contributed by atoms with Crippen LogP contribution in [0.5, 0.6) is 0 Å². The molecule has 1 heterocycles. The van der Waals surface area contributed by atoms with Crippen molar-refractivity contribution < 1.29 is 9.90 Å². The first-order chi connectivity index (χ1) is 11.0. The van der Waals surface area contributed by atoms with E-state index in [1.54, 1.807) is 18.9 Å². The van der Waals surface area contributed by atoms with Crippen molar-refractivity contribution in [3.8, 4) is 0 Å². The van der Waals surface area contributed by atoms with Gasteiger partial charge in [0.15, 0.2) is 0 Å². The number of carbonyl (C=O) groups is 1. The van der Waals surface area contributed by atoms with Gasteiger partial charge in [-0.3, -0.25) is 0 Å². The minimum Gasteiger partial charge on any atom is -0.393 e. The van der Waals surface area contributed by atoms with Crippen LogP contribution in [0.2, 0.25) is 0 Å². The third-order valence-corrected chi connectivity index (χ3v) is 4.41. The summed E-state index contributed by atoms with van der Waals surface area (Å²) in [6, 6.07) is 8.27. The Balaban J connectivity index is 1.93. The lowest BCUT2D eigenvalue weighted by Gasteiger charge is -2.23. The highest BCUT2D eigenvalue weighted by atomic mass is 16.3. The van der Waals surface area contributed by atoms with Gasteiger partial charge in [-0.05, 0) is 50.8 Å². The zero-order chi connectivity index (χ0) is 16.8. The minimum absolute atomic E-state index is 0.0425. The zero-order valence-electron chi connectivity index (χ0n) is 14.5. The SMILES string of the molecule is CC(O)CCN(C)C(=O)NC(C)c1cccc(N2CCCC2)c1. The summed E-state index contributed by atoms with van der Waals surface area (Å²) >= 11 is 0. The summed E-state index contributed by atoms with van der Waals surface area (Å²) in [6.07, 6.45) is 2.71. The molecule has 5 nitrogen and oxygen atoms in total. The molecule has 0 bridgehead atoms. The maximum Gasteiger partial charge on any atom is 0.317 e. The molecule has 1 aliphatic heterocycles. The molecule has 0 saturated carbocycles. The first-order valence-electron chi connectivity index (χ1n) is 8.52. The second-order valence-corrected chi connectivity index (χ2v) is 6.52. The molecule has 0 spiro atoms. The molecule has 1 aromatic rings. The molecule has 0 aliphatic carbocycles. The molecule has 2 amide bonds. The van der Waals surface area contributed by atoms with E-state index < -0.39 is 0 Å². The molecule has 2 atom stereocenters. The Bertz CT molecular complexity index is 513. The number of urea groups is 1. The van der Waals surface area contributed by atoms with Crippen LogP contribution in [0.1, 0.15) is 44.7 Å². The highest BCUT2D eigenvalue weighted by molar-refractivity contribution is 5.74. The van der Waals surface area contributed by atoms with Crippen LogP contribution in [-0.2, 0) is 0 Å². The van der Waals surface area contributed by atoms with E-state index in [1.165, 1.54) is 18.5 Å². The van der Waals surface area contributed by atoms with Gasteiger partial charge in [0.05, 0.1) is 12.1 Å². The molecular formula is C18H29N3O2. The van der Waals surface area contributed by atoms with Gasteiger partial charge >= 0.3 is 6.03 Å². The van der Waals surface area contributed by atoms with Gasteiger partial charge in [0.2, 0.25) is 0 Å². The van der Waals surface area contributed by atoms with Crippen molar-refractivity contribution in [2.75, 3.05) is 31.6 Å². The number of nitrogens with zero attached hydrogens (tertiary/aromatic N) is 2. The summed E-state index contributed by atoms with van der Waals surface area (Å²) in [4.78, 5) is 16.2. The van der Waals surface area contributed by atoms with Gasteiger partial charge in [-0.2, -0.15) is 0 Å². The van der Waals surface area contributed by atoms with E-state index in [9.17, 15) is 9.90 Å². The number of rotatable bonds is 6. The van der Waals surface area contributed by atoms with E-state index in [-0.39, 0.29) is 18.2 Å². The van der Waals surface area contributed by atoms with E-state index in [4.69, 9.17) is 0 Å². The third-order valence-electron chi connectivity index (χ3n) is 4.41. The first kappa shape index (κ1) is 17.6. The Hall–Kier alpha value is -1.75. The predicted octanol–water partition coefficient (Wildman–Crippen LogP) is 2.76. The van der Waals surface area contributed by atoms with Crippen molar-refractivity contribution in [1.29, 1.82) is 0 Å². The van der Waals surface area contributed by atoms with Crippen molar-refractivity contribution in [3.63, 3.8) is 0 Å². The second kappa shape index (κ2) is 8.20. The van der Waals surface area contributed by atoms with Crippen LogP contribution in [0.15, 0.2) is 24.3 Å². The Labute approximate surface area is 139 Å². The first-order valence-corrected chi connectivity index (χ1v) is 8.52. The number of hydrogen-bond donors (Lipinski definition) is 2. The summed E-state index contributed by atoms with van der Waals surface area (Å²) in [5.74, 6) is 0. The summed E-state index contributed by atoms with van der Waals surface area (Å²) < 4.78 is 0. The number of amides is 2. The lowest BCUT2D eigenvalue weighted by Crippen LogP contribution is -2.39. The van der Waals surface area contributed by atoms with Crippen molar-refractivity contribution >= 4 is 11.7 Å². The monoisotopic (exact) mass is 319 g/mol. The fraction of sp³-hybridized carbons (Fsp3) is 0.611. The van der Waals surface area contributed by atoms with Crippen molar-refractivity contribution in [1.82, 2.24) is 10.2 Å². The second-order valence-electron chi connectivity index (χ2n) is 6.52. The molecule has 2 rings (SSSR count).